The van der Waals surface area contributed by atoms with Gasteiger partial charge in [0, 0.05) is 0 Å². The molecule has 1 rings (SSSR count). The summed E-state index contributed by atoms with van der Waals surface area (Å²) >= 11 is 0. The van der Waals surface area contributed by atoms with Gasteiger partial charge in [-0.05, 0) is 6.92 Å². The zero-order valence-corrected chi connectivity index (χ0v) is 4.53. The third kappa shape index (κ3) is 0.840. The average Bonchev–Trinajstić information content (AvgIpc) is 2.12. The molecular weight excluding hydrogens is 106 g/mol. The van der Waals surface area contributed by atoms with Crippen molar-refractivity contribution >= 4 is 0 Å². The minimum absolute atomic E-state index is 0.155. The van der Waals surface area contributed by atoms with Crippen molar-refractivity contribution in [2.45, 2.75) is 13.0 Å². The summed E-state index contributed by atoms with van der Waals surface area (Å²) in [5.74, 6) is 0.477. The van der Waals surface area contributed by atoms with E-state index in [1.54, 1.807) is 6.92 Å². The number of nitrogens with two attached hydrogens (primary N) is 1. The molecule has 0 saturated carbocycles. The molecule has 2 N–H and O–H groups in total. The fourth-order valence-electron chi connectivity index (χ4n) is 0.382. The summed E-state index contributed by atoms with van der Waals surface area (Å²) in [6, 6.07) is -0.155. The van der Waals surface area contributed by atoms with E-state index in [1.807, 2.05) is 0 Å². The van der Waals surface area contributed by atoms with Gasteiger partial charge >= 0.3 is 0 Å². The molecule has 0 unspecified atom stereocenters. The van der Waals surface area contributed by atoms with Crippen LogP contribution >= 0.6 is 0 Å². The van der Waals surface area contributed by atoms with Crippen LogP contribution in [0.15, 0.2) is 10.9 Å². The van der Waals surface area contributed by atoms with E-state index in [4.69, 9.17) is 5.73 Å². The first kappa shape index (κ1) is 5.24. The Morgan fingerprint density at radius 3 is 2.88 bits per heavy atom. The summed E-state index contributed by atoms with van der Waals surface area (Å²) in [5, 5.41) is 3.38. The maximum atomic E-state index is 5.36. The molecule has 0 saturated heterocycles. The van der Waals surface area contributed by atoms with E-state index < -0.39 is 0 Å². The van der Waals surface area contributed by atoms with E-state index >= 15 is 0 Å². The lowest BCUT2D eigenvalue weighted by molar-refractivity contribution is 0.361. The summed E-state index contributed by atoms with van der Waals surface area (Å²) in [5.41, 5.74) is 5.36. The van der Waals surface area contributed by atoms with Crippen LogP contribution < -0.4 is 5.73 Å². The Balaban J connectivity index is 2.77. The molecule has 0 aliphatic rings. The van der Waals surface area contributed by atoms with E-state index in [0.717, 1.165) is 0 Å². The number of aromatic nitrogens is 2. The molecule has 0 fully saturated rings. The zero-order valence-electron chi connectivity index (χ0n) is 4.53. The van der Waals surface area contributed by atoms with Crippen LogP contribution in [0.3, 0.4) is 0 Å². The quantitative estimate of drug-likeness (QED) is 0.560. The smallest absolute Gasteiger partial charge is 0.242 e. The Kier molecular flexibility index (Phi) is 1.26. The second-order valence-corrected chi connectivity index (χ2v) is 1.57. The standard InChI is InChI=1S/C4H7N3O/c1-3(5)4-6-2-7-8-4/h2-3H,5H2,1H3/t3-/m0/s1. The Morgan fingerprint density at radius 1 is 1.88 bits per heavy atom. The Hall–Kier alpha value is -0.900. The summed E-state index contributed by atoms with van der Waals surface area (Å²) in [4.78, 5) is 3.71. The summed E-state index contributed by atoms with van der Waals surface area (Å²) in [6.07, 6.45) is 1.33. The molecule has 0 bridgehead atoms. The lowest BCUT2D eigenvalue weighted by Gasteiger charge is -1.91. The third-order valence-electron chi connectivity index (χ3n) is 0.768. The molecule has 1 heterocycles. The molecule has 1 aromatic rings. The normalized spacial score (nSPS) is 13.8. The van der Waals surface area contributed by atoms with Gasteiger partial charge in [-0.3, -0.25) is 0 Å². The van der Waals surface area contributed by atoms with Crippen LogP contribution in [0.1, 0.15) is 18.9 Å². The molecule has 0 aromatic carbocycles. The summed E-state index contributed by atoms with van der Waals surface area (Å²) in [6.45, 7) is 1.79. The highest BCUT2D eigenvalue weighted by Crippen LogP contribution is 2.00. The zero-order chi connectivity index (χ0) is 5.98. The van der Waals surface area contributed by atoms with Crippen molar-refractivity contribution in [1.29, 1.82) is 0 Å². The Labute approximate surface area is 46.7 Å². The Morgan fingerprint density at radius 2 is 2.62 bits per heavy atom. The second kappa shape index (κ2) is 1.92. The van der Waals surface area contributed by atoms with Gasteiger partial charge in [0.1, 0.15) is 0 Å². The maximum absolute atomic E-state index is 5.36. The van der Waals surface area contributed by atoms with Crippen LogP contribution in [-0.4, -0.2) is 10.1 Å². The van der Waals surface area contributed by atoms with Crippen LogP contribution in [0.25, 0.3) is 0 Å². The number of hydrogen-bond acceptors (Lipinski definition) is 4. The fraction of sp³-hybridized carbons (Fsp3) is 0.500. The number of rotatable bonds is 1. The highest BCUT2D eigenvalue weighted by atomic mass is 16.5. The van der Waals surface area contributed by atoms with Crippen molar-refractivity contribution < 1.29 is 4.52 Å². The van der Waals surface area contributed by atoms with E-state index in [1.165, 1.54) is 6.33 Å². The predicted molar refractivity (Wildman–Crippen MR) is 26.9 cm³/mol. The monoisotopic (exact) mass is 113 g/mol. The van der Waals surface area contributed by atoms with Crippen molar-refractivity contribution in [2.24, 2.45) is 5.73 Å². The van der Waals surface area contributed by atoms with Gasteiger partial charge in [0.2, 0.25) is 5.89 Å². The molecule has 4 nitrogen and oxygen atoms in total. The minimum Gasteiger partial charge on any atom is -0.338 e. The van der Waals surface area contributed by atoms with Crippen molar-refractivity contribution in [2.75, 3.05) is 0 Å². The SMILES string of the molecule is C[C@H](N)c1ncno1. The second-order valence-electron chi connectivity index (χ2n) is 1.57. The highest BCUT2D eigenvalue weighted by molar-refractivity contribution is 4.80. The first-order valence-electron chi connectivity index (χ1n) is 2.33. The van der Waals surface area contributed by atoms with Gasteiger partial charge in [0.05, 0.1) is 6.04 Å². The highest BCUT2D eigenvalue weighted by Gasteiger charge is 2.02. The summed E-state index contributed by atoms with van der Waals surface area (Å²) < 4.78 is 4.61. The third-order valence-corrected chi connectivity index (χ3v) is 0.768. The lowest BCUT2D eigenvalue weighted by Crippen LogP contribution is -2.04. The van der Waals surface area contributed by atoms with Gasteiger partial charge in [0.15, 0.2) is 6.33 Å². The van der Waals surface area contributed by atoms with Crippen LogP contribution in [0.4, 0.5) is 0 Å². The van der Waals surface area contributed by atoms with Crippen molar-refractivity contribution in [3.63, 3.8) is 0 Å². The molecule has 0 aliphatic heterocycles. The fourth-order valence-corrected chi connectivity index (χ4v) is 0.382. The maximum Gasteiger partial charge on any atom is 0.242 e. The molecule has 0 aliphatic carbocycles. The van der Waals surface area contributed by atoms with Gasteiger partial charge in [0.25, 0.3) is 0 Å². The van der Waals surface area contributed by atoms with Crippen molar-refractivity contribution in [3.8, 4) is 0 Å². The van der Waals surface area contributed by atoms with Gasteiger partial charge in [-0.1, -0.05) is 5.16 Å². The van der Waals surface area contributed by atoms with Crippen LogP contribution in [0, 0.1) is 0 Å². The van der Waals surface area contributed by atoms with Gasteiger partial charge < -0.3 is 10.3 Å². The first-order chi connectivity index (χ1) is 3.80. The molecular formula is C4H7N3O. The molecule has 0 amide bonds. The lowest BCUT2D eigenvalue weighted by atomic mass is 10.4. The van der Waals surface area contributed by atoms with E-state index in [-0.39, 0.29) is 6.04 Å². The number of hydrogen-bond donors (Lipinski definition) is 1. The molecule has 8 heavy (non-hydrogen) atoms. The van der Waals surface area contributed by atoms with Gasteiger partial charge in [-0.2, -0.15) is 4.98 Å². The topological polar surface area (TPSA) is 64.9 Å². The van der Waals surface area contributed by atoms with Crippen molar-refractivity contribution in [3.05, 3.63) is 12.2 Å². The average molecular weight is 113 g/mol. The van der Waals surface area contributed by atoms with Crippen LogP contribution in [0.2, 0.25) is 0 Å². The van der Waals surface area contributed by atoms with Crippen LogP contribution in [-0.2, 0) is 0 Å². The molecule has 1 atom stereocenters. The summed E-state index contributed by atoms with van der Waals surface area (Å²) in [7, 11) is 0. The predicted octanol–water partition coefficient (Wildman–Crippen LogP) is 0.0893. The molecule has 0 spiro atoms. The first-order valence-corrected chi connectivity index (χ1v) is 2.33. The van der Waals surface area contributed by atoms with Gasteiger partial charge in [-0.15, -0.1) is 0 Å². The van der Waals surface area contributed by atoms with Crippen LogP contribution in [0.5, 0.6) is 0 Å². The molecule has 4 heteroatoms. The van der Waals surface area contributed by atoms with Crippen molar-refractivity contribution in [1.82, 2.24) is 10.1 Å². The molecule has 0 radical (unpaired) electrons. The van der Waals surface area contributed by atoms with E-state index in [2.05, 4.69) is 14.7 Å². The Bertz CT molecular complexity index is 146. The van der Waals surface area contributed by atoms with E-state index in [9.17, 15) is 0 Å². The largest absolute Gasteiger partial charge is 0.338 e. The minimum atomic E-state index is -0.155. The molecule has 44 valence electrons. The molecule has 1 aromatic heterocycles. The van der Waals surface area contributed by atoms with Gasteiger partial charge in [-0.25, -0.2) is 0 Å². The number of nitrogens with zero attached hydrogens (tertiary/aromatic N) is 2. The van der Waals surface area contributed by atoms with E-state index in [0.29, 0.717) is 5.89 Å².